The summed E-state index contributed by atoms with van der Waals surface area (Å²) in [5.41, 5.74) is 3.89. The van der Waals surface area contributed by atoms with Crippen LogP contribution in [0.1, 0.15) is 25.0 Å². The molecule has 9 heteroatoms. The third kappa shape index (κ3) is 5.38. The first kappa shape index (κ1) is 24.1. The van der Waals surface area contributed by atoms with Gasteiger partial charge in [0.25, 0.3) is 10.0 Å². The van der Waals surface area contributed by atoms with Crippen molar-refractivity contribution >= 4 is 38.9 Å². The van der Waals surface area contributed by atoms with E-state index in [1.165, 1.54) is 29.3 Å². The molecule has 4 rings (SSSR count). The number of aromatic nitrogens is 2. The zero-order valence-electron chi connectivity index (χ0n) is 18.6. The zero-order chi connectivity index (χ0) is 24.3. The third-order valence-electron chi connectivity index (χ3n) is 5.26. The fourth-order valence-electron chi connectivity index (χ4n) is 3.49. The lowest BCUT2D eigenvalue weighted by Gasteiger charge is -2.11. The Morgan fingerprint density at radius 2 is 1.71 bits per heavy atom. The number of nitrogens with zero attached hydrogens (tertiary/aromatic N) is 2. The molecular formula is C25H23Cl2N3O3S. The average molecular weight is 516 g/mol. The monoisotopic (exact) mass is 515 g/mol. The van der Waals surface area contributed by atoms with Gasteiger partial charge in [0.05, 0.1) is 23.1 Å². The molecule has 0 aliphatic rings. The molecule has 34 heavy (non-hydrogen) atoms. The molecule has 0 atom stereocenters. The maximum Gasteiger partial charge on any atom is 0.263 e. The van der Waals surface area contributed by atoms with Crippen LogP contribution in [0.5, 0.6) is 11.5 Å². The van der Waals surface area contributed by atoms with Gasteiger partial charge in [0.2, 0.25) is 0 Å². The molecule has 0 aliphatic heterocycles. The number of halogens is 2. The predicted molar refractivity (Wildman–Crippen MR) is 136 cm³/mol. The molecule has 0 unspecified atom stereocenters. The highest BCUT2D eigenvalue weighted by Crippen LogP contribution is 2.29. The van der Waals surface area contributed by atoms with E-state index in [1.54, 1.807) is 35.1 Å². The Morgan fingerprint density at radius 3 is 2.38 bits per heavy atom. The van der Waals surface area contributed by atoms with Crippen LogP contribution >= 0.6 is 23.2 Å². The molecule has 1 aromatic heterocycles. The van der Waals surface area contributed by atoms with E-state index in [4.69, 9.17) is 27.9 Å². The molecule has 0 radical (unpaired) electrons. The van der Waals surface area contributed by atoms with Crippen molar-refractivity contribution in [3.63, 3.8) is 0 Å². The van der Waals surface area contributed by atoms with E-state index >= 15 is 0 Å². The second-order valence-corrected chi connectivity index (χ2v) is 10.1. The summed E-state index contributed by atoms with van der Waals surface area (Å²) in [6, 6.07) is 17.2. The molecule has 6 nitrogen and oxygen atoms in total. The van der Waals surface area contributed by atoms with E-state index in [2.05, 4.69) is 41.9 Å². The van der Waals surface area contributed by atoms with Crippen LogP contribution in [0, 0.1) is 0 Å². The number of anilines is 1. The Labute approximate surface area is 209 Å². The molecule has 0 saturated carbocycles. The van der Waals surface area contributed by atoms with Crippen molar-refractivity contribution < 1.29 is 13.2 Å². The fraction of sp³-hybridized carbons (Fsp3) is 0.160. The van der Waals surface area contributed by atoms with Gasteiger partial charge in [0, 0.05) is 10.7 Å². The van der Waals surface area contributed by atoms with Gasteiger partial charge in [-0.2, -0.15) is 5.10 Å². The van der Waals surface area contributed by atoms with Crippen LogP contribution in [-0.2, 0) is 22.9 Å². The second-order valence-electron chi connectivity index (χ2n) is 7.60. The minimum atomic E-state index is -3.87. The van der Waals surface area contributed by atoms with Crippen molar-refractivity contribution in [2.24, 2.45) is 0 Å². The zero-order valence-corrected chi connectivity index (χ0v) is 21.0. The maximum atomic E-state index is 12.7. The fourth-order valence-corrected chi connectivity index (χ4v) is 5.32. The minimum absolute atomic E-state index is 0.0486. The molecule has 176 valence electrons. The van der Waals surface area contributed by atoms with Gasteiger partial charge >= 0.3 is 0 Å². The average Bonchev–Trinajstić information content (AvgIpc) is 3.27. The van der Waals surface area contributed by atoms with Gasteiger partial charge in [-0.1, -0.05) is 49.2 Å². The molecule has 0 fully saturated rings. The van der Waals surface area contributed by atoms with Gasteiger partial charge in [-0.05, 0) is 72.5 Å². The summed E-state index contributed by atoms with van der Waals surface area (Å²) in [7, 11) is -3.87. The highest BCUT2D eigenvalue weighted by atomic mass is 35.5. The molecule has 0 bridgehead atoms. The lowest BCUT2D eigenvalue weighted by atomic mass is 10.0. The molecule has 0 saturated heterocycles. The Kier molecular flexibility index (Phi) is 7.16. The van der Waals surface area contributed by atoms with E-state index in [0.717, 1.165) is 18.5 Å². The molecule has 0 spiro atoms. The summed E-state index contributed by atoms with van der Waals surface area (Å²) in [5, 5.41) is 4.85. The van der Waals surface area contributed by atoms with E-state index in [-0.39, 0.29) is 9.92 Å². The number of aryl methyl sites for hydroxylation is 2. The van der Waals surface area contributed by atoms with Crippen LogP contribution in [-0.4, -0.2) is 18.2 Å². The molecule has 4 aromatic rings. The summed E-state index contributed by atoms with van der Waals surface area (Å²) >= 11 is 11.9. The minimum Gasteiger partial charge on any atom is -0.454 e. The first-order chi connectivity index (χ1) is 16.3. The molecule has 1 heterocycles. The van der Waals surface area contributed by atoms with Crippen LogP contribution < -0.4 is 9.46 Å². The molecular weight excluding hydrogens is 493 g/mol. The lowest BCUT2D eigenvalue weighted by molar-refractivity contribution is 0.482. The number of hydrogen-bond donors (Lipinski definition) is 1. The second kappa shape index (κ2) is 10.1. The highest BCUT2D eigenvalue weighted by molar-refractivity contribution is 7.92. The van der Waals surface area contributed by atoms with Crippen LogP contribution in [0.25, 0.3) is 5.69 Å². The van der Waals surface area contributed by atoms with Gasteiger partial charge in [0.1, 0.15) is 10.6 Å². The van der Waals surface area contributed by atoms with Gasteiger partial charge in [-0.15, -0.1) is 0 Å². The van der Waals surface area contributed by atoms with Crippen molar-refractivity contribution in [2.75, 3.05) is 4.72 Å². The summed E-state index contributed by atoms with van der Waals surface area (Å²) in [6.45, 7) is 4.26. The van der Waals surface area contributed by atoms with Crippen molar-refractivity contribution in [2.45, 2.75) is 31.6 Å². The van der Waals surface area contributed by atoms with Crippen molar-refractivity contribution in [3.05, 3.63) is 94.2 Å². The topological polar surface area (TPSA) is 73.2 Å². The third-order valence-corrected chi connectivity index (χ3v) is 7.36. The summed E-state index contributed by atoms with van der Waals surface area (Å²) in [6.07, 6.45) is 5.35. The standard InChI is InChI=1S/C25H23Cl2N3O3S/c1-3-17-5-11-24(18(4-2)13-17)30-16-22(15-28-30)33-21-9-7-20(8-10-21)29-34(31,32)25-12-6-19(26)14-23(25)27/h5-16,29H,3-4H2,1-2H3. The molecule has 0 amide bonds. The Bertz CT molecular complexity index is 1420. The number of hydrogen-bond acceptors (Lipinski definition) is 4. The van der Waals surface area contributed by atoms with Crippen molar-refractivity contribution in [1.82, 2.24) is 9.78 Å². The van der Waals surface area contributed by atoms with E-state index in [0.29, 0.717) is 22.2 Å². The first-order valence-corrected chi connectivity index (χ1v) is 13.0. The Hall–Kier alpha value is -3.00. The summed E-state index contributed by atoms with van der Waals surface area (Å²) in [5.74, 6) is 1.12. The molecule has 1 N–H and O–H groups in total. The Morgan fingerprint density at radius 1 is 0.941 bits per heavy atom. The number of ether oxygens (including phenoxy) is 1. The van der Waals surface area contributed by atoms with Crippen LogP contribution in [0.4, 0.5) is 5.69 Å². The SMILES string of the molecule is CCc1ccc(-n2cc(Oc3ccc(NS(=O)(=O)c4ccc(Cl)cc4Cl)cc3)cn2)c(CC)c1. The largest absolute Gasteiger partial charge is 0.454 e. The van der Waals surface area contributed by atoms with E-state index in [1.807, 2.05) is 6.20 Å². The van der Waals surface area contributed by atoms with Crippen LogP contribution in [0.3, 0.4) is 0 Å². The van der Waals surface area contributed by atoms with Gasteiger partial charge in [0.15, 0.2) is 5.75 Å². The number of sulfonamides is 1. The number of nitrogens with one attached hydrogen (secondary N) is 1. The quantitative estimate of drug-likeness (QED) is 0.277. The van der Waals surface area contributed by atoms with Gasteiger partial charge in [-0.25, -0.2) is 13.1 Å². The predicted octanol–water partition coefficient (Wildman–Crippen LogP) is 6.90. The smallest absolute Gasteiger partial charge is 0.263 e. The van der Waals surface area contributed by atoms with E-state index < -0.39 is 10.0 Å². The number of benzene rings is 3. The van der Waals surface area contributed by atoms with E-state index in [9.17, 15) is 8.42 Å². The number of rotatable bonds is 8. The molecule has 0 aliphatic carbocycles. The summed E-state index contributed by atoms with van der Waals surface area (Å²) in [4.78, 5) is -0.0512. The highest BCUT2D eigenvalue weighted by Gasteiger charge is 2.18. The summed E-state index contributed by atoms with van der Waals surface area (Å²) < 4.78 is 35.5. The first-order valence-electron chi connectivity index (χ1n) is 10.7. The Balaban J connectivity index is 1.47. The van der Waals surface area contributed by atoms with Gasteiger partial charge in [-0.3, -0.25) is 4.72 Å². The van der Waals surface area contributed by atoms with Crippen LogP contribution in [0.15, 0.2) is 78.0 Å². The molecule has 3 aromatic carbocycles. The normalized spacial score (nSPS) is 11.4. The lowest BCUT2D eigenvalue weighted by Crippen LogP contribution is -2.13. The van der Waals surface area contributed by atoms with Crippen LogP contribution in [0.2, 0.25) is 10.0 Å². The van der Waals surface area contributed by atoms with Crippen molar-refractivity contribution in [1.29, 1.82) is 0 Å². The van der Waals surface area contributed by atoms with Gasteiger partial charge < -0.3 is 4.74 Å². The maximum absolute atomic E-state index is 12.7. The van der Waals surface area contributed by atoms with Crippen molar-refractivity contribution in [3.8, 4) is 17.2 Å².